The molecule has 0 radical (unpaired) electrons. The summed E-state index contributed by atoms with van der Waals surface area (Å²) >= 11 is 0. The van der Waals surface area contributed by atoms with Gasteiger partial charge < -0.3 is 8.85 Å². The molecule has 0 aliphatic carbocycles. The van der Waals surface area contributed by atoms with Crippen molar-refractivity contribution in [2.24, 2.45) is 0 Å². The second kappa shape index (κ2) is 4.15. The zero-order valence-electron chi connectivity index (χ0n) is 8.46. The fourth-order valence-corrected chi connectivity index (χ4v) is 2.19. The standard InChI is InChI=1S/C6H9F7O2Si/c1-14-16(3,15-2)6(12,13)4(7,8)5(9,10)11/h1-3H3. The van der Waals surface area contributed by atoms with E-state index in [4.69, 9.17) is 0 Å². The Morgan fingerprint density at radius 3 is 1.31 bits per heavy atom. The molecule has 0 aliphatic rings. The van der Waals surface area contributed by atoms with Crippen molar-refractivity contribution in [3.8, 4) is 0 Å². The smallest absolute Gasteiger partial charge is 0.394 e. The average Bonchev–Trinajstić information content (AvgIpc) is 2.14. The maximum Gasteiger partial charge on any atom is 0.459 e. The molecule has 10 heteroatoms. The van der Waals surface area contributed by atoms with Crippen LogP contribution in [0.25, 0.3) is 0 Å². The molecule has 0 atom stereocenters. The van der Waals surface area contributed by atoms with E-state index >= 15 is 0 Å². The van der Waals surface area contributed by atoms with E-state index in [1.165, 1.54) is 0 Å². The molecule has 0 saturated heterocycles. The highest BCUT2D eigenvalue weighted by atomic mass is 28.4. The molecule has 2 nitrogen and oxygen atoms in total. The van der Waals surface area contributed by atoms with Gasteiger partial charge in [0, 0.05) is 14.2 Å². The van der Waals surface area contributed by atoms with Crippen molar-refractivity contribution in [2.75, 3.05) is 14.2 Å². The first-order valence-corrected chi connectivity index (χ1v) is 6.11. The van der Waals surface area contributed by atoms with Crippen LogP contribution in [0.3, 0.4) is 0 Å². The van der Waals surface area contributed by atoms with Crippen molar-refractivity contribution >= 4 is 8.56 Å². The monoisotopic (exact) mass is 274 g/mol. The van der Waals surface area contributed by atoms with E-state index in [-0.39, 0.29) is 0 Å². The lowest BCUT2D eigenvalue weighted by Gasteiger charge is -2.36. The van der Waals surface area contributed by atoms with Gasteiger partial charge in [-0.25, -0.2) is 0 Å². The molecular weight excluding hydrogens is 265 g/mol. The summed E-state index contributed by atoms with van der Waals surface area (Å²) in [5, 5.41) is 0. The Balaban J connectivity index is 5.51. The maximum atomic E-state index is 13.1. The third-order valence-corrected chi connectivity index (χ3v) is 5.11. The molecule has 0 unspecified atom stereocenters. The summed E-state index contributed by atoms with van der Waals surface area (Å²) in [5.74, 6) is -6.20. The molecule has 0 N–H and O–H groups in total. The van der Waals surface area contributed by atoms with Gasteiger partial charge in [0.2, 0.25) is 0 Å². The molecule has 0 fully saturated rings. The van der Waals surface area contributed by atoms with Gasteiger partial charge in [0.25, 0.3) is 0 Å². The molecule has 0 aliphatic heterocycles. The lowest BCUT2D eigenvalue weighted by molar-refractivity contribution is -0.340. The summed E-state index contributed by atoms with van der Waals surface area (Å²) < 4.78 is 94.8. The van der Waals surface area contributed by atoms with Crippen molar-refractivity contribution in [1.29, 1.82) is 0 Å². The van der Waals surface area contributed by atoms with Crippen LogP contribution in [0.4, 0.5) is 30.7 Å². The van der Waals surface area contributed by atoms with E-state index in [9.17, 15) is 30.7 Å². The van der Waals surface area contributed by atoms with Gasteiger partial charge in [0.1, 0.15) is 0 Å². The highest BCUT2D eigenvalue weighted by Gasteiger charge is 2.81. The summed E-state index contributed by atoms with van der Waals surface area (Å²) in [7, 11) is -3.79. The molecule has 0 saturated carbocycles. The van der Waals surface area contributed by atoms with Gasteiger partial charge in [-0.2, -0.15) is 30.7 Å². The van der Waals surface area contributed by atoms with Gasteiger partial charge in [-0.15, -0.1) is 0 Å². The molecule has 0 amide bonds. The first kappa shape index (κ1) is 15.6. The molecule has 0 aromatic rings. The summed E-state index contributed by atoms with van der Waals surface area (Å²) in [6.07, 6.45) is -6.37. The Morgan fingerprint density at radius 1 is 0.812 bits per heavy atom. The Labute approximate surface area is 87.6 Å². The van der Waals surface area contributed by atoms with Crippen LogP contribution in [0.5, 0.6) is 0 Å². The molecule has 0 heterocycles. The molecular formula is C6H9F7O2Si. The van der Waals surface area contributed by atoms with Crippen LogP contribution in [-0.4, -0.2) is 40.4 Å². The fraction of sp³-hybridized carbons (Fsp3) is 1.00. The molecule has 16 heavy (non-hydrogen) atoms. The second-order valence-electron chi connectivity index (χ2n) is 3.00. The number of hydrogen-bond donors (Lipinski definition) is 0. The van der Waals surface area contributed by atoms with Crippen LogP contribution in [0.1, 0.15) is 0 Å². The zero-order chi connectivity index (χ0) is 13.4. The molecule has 98 valence electrons. The quantitative estimate of drug-likeness (QED) is 0.579. The lowest BCUT2D eigenvalue weighted by Crippen LogP contribution is -2.67. The molecule has 0 aromatic heterocycles. The van der Waals surface area contributed by atoms with Crippen LogP contribution in [-0.2, 0) is 8.85 Å². The molecule has 0 aromatic carbocycles. The maximum absolute atomic E-state index is 13.1. The van der Waals surface area contributed by atoms with Crippen molar-refractivity contribution < 1.29 is 39.6 Å². The summed E-state index contributed by atoms with van der Waals surface area (Å²) in [6.45, 7) is 0.423. The number of rotatable bonds is 4. The lowest BCUT2D eigenvalue weighted by atomic mass is 10.3. The van der Waals surface area contributed by atoms with Crippen LogP contribution >= 0.6 is 0 Å². The predicted molar refractivity (Wildman–Crippen MR) is 41.6 cm³/mol. The zero-order valence-corrected chi connectivity index (χ0v) is 9.46. The largest absolute Gasteiger partial charge is 0.459 e. The number of alkyl halides is 7. The predicted octanol–water partition coefficient (Wildman–Crippen LogP) is 2.72. The minimum Gasteiger partial charge on any atom is -0.394 e. The van der Waals surface area contributed by atoms with Crippen molar-refractivity contribution in [3.05, 3.63) is 0 Å². The Kier molecular flexibility index (Phi) is 4.06. The van der Waals surface area contributed by atoms with Crippen LogP contribution in [0.2, 0.25) is 6.55 Å². The van der Waals surface area contributed by atoms with Gasteiger partial charge in [-0.3, -0.25) is 0 Å². The minimum atomic E-state index is -6.37. The van der Waals surface area contributed by atoms with Crippen LogP contribution < -0.4 is 0 Å². The van der Waals surface area contributed by atoms with E-state index in [0.29, 0.717) is 20.8 Å². The van der Waals surface area contributed by atoms with Crippen molar-refractivity contribution in [3.63, 3.8) is 0 Å². The van der Waals surface area contributed by atoms with Gasteiger partial charge >= 0.3 is 26.2 Å². The van der Waals surface area contributed by atoms with E-state index in [1.54, 1.807) is 0 Å². The first-order valence-electron chi connectivity index (χ1n) is 3.80. The van der Waals surface area contributed by atoms with E-state index < -0.39 is 26.2 Å². The van der Waals surface area contributed by atoms with Gasteiger partial charge in [0.05, 0.1) is 0 Å². The topological polar surface area (TPSA) is 18.5 Å². The summed E-state index contributed by atoms with van der Waals surface area (Å²) in [5.41, 5.74) is -5.43. The third-order valence-electron chi connectivity index (χ3n) is 2.10. The minimum absolute atomic E-state index is 0.423. The third kappa shape index (κ3) is 2.05. The van der Waals surface area contributed by atoms with Gasteiger partial charge in [0.15, 0.2) is 0 Å². The molecule has 0 spiro atoms. The first-order chi connectivity index (χ1) is 6.87. The van der Waals surface area contributed by atoms with E-state index in [0.717, 1.165) is 0 Å². The normalized spacial score (nSPS) is 15.4. The van der Waals surface area contributed by atoms with E-state index in [1.807, 2.05) is 0 Å². The highest BCUT2D eigenvalue weighted by molar-refractivity contribution is 6.68. The average molecular weight is 274 g/mol. The number of halogens is 7. The van der Waals surface area contributed by atoms with Crippen molar-refractivity contribution in [2.45, 2.75) is 24.2 Å². The second-order valence-corrected chi connectivity index (χ2v) is 6.34. The van der Waals surface area contributed by atoms with Crippen LogP contribution in [0.15, 0.2) is 0 Å². The van der Waals surface area contributed by atoms with Gasteiger partial charge in [-0.1, -0.05) is 0 Å². The fourth-order valence-electron chi connectivity index (χ4n) is 0.803. The Bertz CT molecular complexity index is 248. The van der Waals surface area contributed by atoms with E-state index in [2.05, 4.69) is 8.85 Å². The Hall–Kier alpha value is -0.353. The molecule has 0 rings (SSSR count). The molecule has 0 bridgehead atoms. The van der Waals surface area contributed by atoms with Crippen LogP contribution in [0, 0.1) is 0 Å². The summed E-state index contributed by atoms with van der Waals surface area (Å²) in [6, 6.07) is 0. The summed E-state index contributed by atoms with van der Waals surface area (Å²) in [4.78, 5) is 0. The van der Waals surface area contributed by atoms with Gasteiger partial charge in [-0.05, 0) is 6.55 Å². The number of hydrogen-bond acceptors (Lipinski definition) is 2. The highest BCUT2D eigenvalue weighted by Crippen LogP contribution is 2.50. The van der Waals surface area contributed by atoms with Crippen molar-refractivity contribution in [1.82, 2.24) is 0 Å². The Morgan fingerprint density at radius 2 is 1.12 bits per heavy atom. The SMILES string of the molecule is CO[Si](C)(OC)C(F)(F)C(F)(F)C(F)(F)F.